The third-order valence-corrected chi connectivity index (χ3v) is 8.26. The quantitative estimate of drug-likeness (QED) is 0.0899. The minimum absolute atomic E-state index is 0.0735. The predicted octanol–water partition coefficient (Wildman–Crippen LogP) is 9.22. The number of nitrogens with zero attached hydrogens (tertiary/aromatic N) is 3. The van der Waals surface area contributed by atoms with Gasteiger partial charge in [-0.05, 0) is 60.2 Å². The highest BCUT2D eigenvalue weighted by Gasteiger charge is 2.17. The lowest BCUT2D eigenvalue weighted by Gasteiger charge is -2.06. The summed E-state index contributed by atoms with van der Waals surface area (Å²) >= 11 is 0. The van der Waals surface area contributed by atoms with Gasteiger partial charge in [0.1, 0.15) is 30.6 Å². The monoisotopic (exact) mass is 671 g/mol. The molecule has 0 amide bonds. The molecule has 1 N–H and O–H groups in total. The van der Waals surface area contributed by atoms with E-state index in [0.717, 1.165) is 67.5 Å². The Hall–Kier alpha value is -5.83. The van der Waals surface area contributed by atoms with Crippen molar-refractivity contribution in [3.05, 3.63) is 154 Å². The molecule has 0 aliphatic carbocycles. The van der Waals surface area contributed by atoms with Crippen molar-refractivity contribution in [2.24, 2.45) is 0 Å². The number of aryl methyl sites for hydroxylation is 2. The largest absolute Gasteiger partial charge is 0.492 e. The van der Waals surface area contributed by atoms with Crippen molar-refractivity contribution in [3.8, 4) is 11.6 Å². The number of oxazole rings is 3. The fourth-order valence-corrected chi connectivity index (χ4v) is 5.54. The maximum absolute atomic E-state index is 12.4. The zero-order valence-electron chi connectivity index (χ0n) is 27.9. The predicted molar refractivity (Wildman–Crippen MR) is 193 cm³/mol. The molecule has 0 bridgehead atoms. The molecule has 0 saturated heterocycles. The van der Waals surface area contributed by atoms with Gasteiger partial charge in [-0.1, -0.05) is 98.5 Å². The van der Waals surface area contributed by atoms with Gasteiger partial charge in [0.25, 0.3) is 0 Å². The molecule has 3 aromatic heterocycles. The highest BCUT2D eigenvalue weighted by Crippen LogP contribution is 2.21. The van der Waals surface area contributed by atoms with E-state index >= 15 is 0 Å². The normalized spacial score (nSPS) is 11.6. The summed E-state index contributed by atoms with van der Waals surface area (Å²) < 4.78 is 23.5. The van der Waals surface area contributed by atoms with Crippen molar-refractivity contribution >= 4 is 24.3 Å². The number of aromatic nitrogens is 3. The fourth-order valence-electron chi connectivity index (χ4n) is 5.54. The highest BCUT2D eigenvalue weighted by atomic mass is 16.5. The second kappa shape index (κ2) is 17.5. The Bertz CT molecular complexity index is 2020. The van der Waals surface area contributed by atoms with E-state index < -0.39 is 5.76 Å². The molecule has 0 saturated carbocycles. The number of aromatic hydroxyl groups is 1. The summed E-state index contributed by atoms with van der Waals surface area (Å²) in [5, 5.41) is 10.6. The molecule has 0 aliphatic heterocycles. The van der Waals surface area contributed by atoms with Crippen molar-refractivity contribution in [1.82, 2.24) is 14.5 Å². The third kappa shape index (κ3) is 10.1. The van der Waals surface area contributed by atoms with Gasteiger partial charge in [-0.25, -0.2) is 19.3 Å². The van der Waals surface area contributed by atoms with E-state index in [4.69, 9.17) is 18.0 Å². The second-order valence-electron chi connectivity index (χ2n) is 12.1. The van der Waals surface area contributed by atoms with E-state index in [-0.39, 0.29) is 12.4 Å². The van der Waals surface area contributed by atoms with Gasteiger partial charge in [0, 0.05) is 18.6 Å². The number of unbranched alkanes of at least 4 members (excludes halogenated alkanes) is 5. The lowest BCUT2D eigenvalue weighted by atomic mass is 10.0. The minimum atomic E-state index is -0.599. The second-order valence-corrected chi connectivity index (χ2v) is 12.1. The maximum atomic E-state index is 12.4. The van der Waals surface area contributed by atoms with Crippen molar-refractivity contribution < 1.29 is 23.1 Å². The highest BCUT2D eigenvalue weighted by molar-refractivity contribution is 5.66. The van der Waals surface area contributed by atoms with Crippen LogP contribution >= 0.6 is 0 Å². The average molecular weight is 672 g/mol. The maximum Gasteiger partial charge on any atom is 0.422 e. The van der Waals surface area contributed by atoms with Gasteiger partial charge in [-0.15, -0.1) is 0 Å². The fraction of sp³-hybridized carbons (Fsp3) is 0.244. The van der Waals surface area contributed by atoms with Crippen LogP contribution in [0.3, 0.4) is 0 Å². The van der Waals surface area contributed by atoms with Crippen LogP contribution in [-0.2, 0) is 26.0 Å². The lowest BCUT2D eigenvalue weighted by molar-refractivity contribution is 0.301. The minimum Gasteiger partial charge on any atom is -0.492 e. The molecule has 256 valence electrons. The third-order valence-electron chi connectivity index (χ3n) is 8.26. The summed E-state index contributed by atoms with van der Waals surface area (Å²) in [7, 11) is 0. The van der Waals surface area contributed by atoms with Crippen LogP contribution in [-0.4, -0.2) is 19.6 Å². The van der Waals surface area contributed by atoms with Gasteiger partial charge >= 0.3 is 5.76 Å². The van der Waals surface area contributed by atoms with Crippen molar-refractivity contribution in [2.45, 2.75) is 64.5 Å². The molecular formula is C41H41N3O6. The first-order chi connectivity index (χ1) is 24.6. The smallest absolute Gasteiger partial charge is 0.422 e. The van der Waals surface area contributed by atoms with Gasteiger partial charge < -0.3 is 23.1 Å². The van der Waals surface area contributed by atoms with Gasteiger partial charge in [0.15, 0.2) is 5.76 Å². The molecule has 0 unspecified atom stereocenters. The number of benzene rings is 3. The van der Waals surface area contributed by atoms with E-state index in [1.165, 1.54) is 16.4 Å². The van der Waals surface area contributed by atoms with Crippen molar-refractivity contribution in [2.75, 3.05) is 0 Å². The van der Waals surface area contributed by atoms with E-state index in [2.05, 4.69) is 22.1 Å². The zero-order valence-corrected chi connectivity index (χ0v) is 27.9. The molecular weight excluding hydrogens is 630 g/mol. The first-order valence-corrected chi connectivity index (χ1v) is 17.1. The molecule has 6 rings (SSSR count). The standard InChI is InChI=1S/C41H41N3O6/c45-40-37(50-41(46)44(40)27-34-28-48-38(42-34)25-21-31-13-8-5-9-14-31)18-12-4-2-1-3-7-17-33-19-23-36(24-20-33)47-29-35-30-49-39(43-35)26-22-32-15-10-6-11-16-32/h5-6,8-11,13-16,19-26,28,30,45H,1-4,7,12,17-18,27,29H2. The summed E-state index contributed by atoms with van der Waals surface area (Å²) in [6.45, 7) is 0.418. The zero-order chi connectivity index (χ0) is 34.4. The summed E-state index contributed by atoms with van der Waals surface area (Å²) in [6, 6.07) is 28.1. The number of rotatable bonds is 18. The summed E-state index contributed by atoms with van der Waals surface area (Å²) in [4.78, 5) is 21.3. The van der Waals surface area contributed by atoms with Crippen LogP contribution in [0.25, 0.3) is 24.3 Å². The van der Waals surface area contributed by atoms with Crippen LogP contribution in [0.2, 0.25) is 0 Å². The number of ether oxygens (including phenoxy) is 1. The SMILES string of the molecule is O=c1oc(CCCCCCCCc2ccc(OCc3coc(C=Cc4ccccc4)n3)cc2)c(O)n1Cc1coc(C=Cc2ccccc2)n1. The van der Waals surface area contributed by atoms with Gasteiger partial charge in [0.2, 0.25) is 17.7 Å². The molecule has 3 aromatic carbocycles. The molecule has 9 nitrogen and oxygen atoms in total. The lowest BCUT2D eigenvalue weighted by Crippen LogP contribution is -2.14. The molecule has 0 fully saturated rings. The topological polar surface area (TPSA) is 117 Å². The summed E-state index contributed by atoms with van der Waals surface area (Å²) in [6.07, 6.45) is 18.4. The Labute approximate surface area is 291 Å². The molecule has 50 heavy (non-hydrogen) atoms. The molecule has 0 aliphatic rings. The molecule has 9 heteroatoms. The average Bonchev–Trinajstić information content (AvgIpc) is 3.88. The Balaban J connectivity index is 0.841. The molecule has 0 atom stereocenters. The van der Waals surface area contributed by atoms with Crippen LogP contribution < -0.4 is 10.5 Å². The Kier molecular flexibility index (Phi) is 11.9. The summed E-state index contributed by atoms with van der Waals surface area (Å²) in [5.41, 5.74) is 4.66. The van der Waals surface area contributed by atoms with Crippen LogP contribution in [0, 0.1) is 0 Å². The van der Waals surface area contributed by atoms with E-state index in [1.54, 1.807) is 12.3 Å². The molecule has 3 heterocycles. The van der Waals surface area contributed by atoms with Crippen LogP contribution in [0.4, 0.5) is 0 Å². The Morgan fingerprint density at radius 2 is 1.22 bits per heavy atom. The molecule has 6 aromatic rings. The van der Waals surface area contributed by atoms with Crippen LogP contribution in [0.15, 0.2) is 116 Å². The number of hydrogen-bond donors (Lipinski definition) is 1. The van der Waals surface area contributed by atoms with Crippen molar-refractivity contribution in [1.29, 1.82) is 0 Å². The molecule has 0 radical (unpaired) electrons. The van der Waals surface area contributed by atoms with Crippen LogP contribution in [0.5, 0.6) is 11.6 Å². The van der Waals surface area contributed by atoms with Crippen molar-refractivity contribution in [3.63, 3.8) is 0 Å². The number of hydrogen-bond acceptors (Lipinski definition) is 8. The van der Waals surface area contributed by atoms with E-state index in [0.29, 0.717) is 36.3 Å². The first-order valence-electron chi connectivity index (χ1n) is 17.1. The van der Waals surface area contributed by atoms with Gasteiger partial charge in [-0.2, -0.15) is 0 Å². The Morgan fingerprint density at radius 3 is 1.86 bits per heavy atom. The summed E-state index contributed by atoms with van der Waals surface area (Å²) in [5.74, 6) is 1.34. The Morgan fingerprint density at radius 1 is 0.660 bits per heavy atom. The van der Waals surface area contributed by atoms with Crippen LogP contribution in [0.1, 0.15) is 84.1 Å². The van der Waals surface area contributed by atoms with E-state index in [9.17, 15) is 9.90 Å². The van der Waals surface area contributed by atoms with Gasteiger partial charge in [-0.3, -0.25) is 0 Å². The van der Waals surface area contributed by atoms with E-state index in [1.807, 2.05) is 91.0 Å². The molecule has 0 spiro atoms. The van der Waals surface area contributed by atoms with Gasteiger partial charge in [0.05, 0.1) is 12.2 Å². The first kappa shape index (κ1) is 34.0.